The molecule has 0 amide bonds. The molecule has 2 rings (SSSR count). The number of rotatable bonds is 3. The number of aliphatic imine (C=N–C) groups is 1. The lowest BCUT2D eigenvalue weighted by atomic mass is 10.1. The van der Waals surface area contributed by atoms with Crippen LogP contribution in [0.5, 0.6) is 5.75 Å². The van der Waals surface area contributed by atoms with E-state index in [1.54, 1.807) is 0 Å². The predicted molar refractivity (Wildman–Crippen MR) is 52.2 cm³/mol. The average molecular weight is 171 g/mol. The fourth-order valence-electron chi connectivity index (χ4n) is 1.16. The van der Waals surface area contributed by atoms with Gasteiger partial charge in [-0.15, -0.1) is 6.42 Å². The van der Waals surface area contributed by atoms with Gasteiger partial charge in [-0.2, -0.15) is 0 Å². The number of para-hydroxylation sites is 1. The van der Waals surface area contributed by atoms with Crippen LogP contribution in [-0.4, -0.2) is 18.9 Å². The summed E-state index contributed by atoms with van der Waals surface area (Å²) in [6.45, 7) is 1.14. The van der Waals surface area contributed by atoms with Crippen molar-refractivity contribution in [3.63, 3.8) is 0 Å². The molecule has 1 aromatic carbocycles. The molecule has 13 heavy (non-hydrogen) atoms. The van der Waals surface area contributed by atoms with Crippen molar-refractivity contribution in [2.45, 2.75) is 0 Å². The lowest BCUT2D eigenvalue weighted by molar-refractivity contribution is 0.370. The molecule has 1 aliphatic heterocycles. The van der Waals surface area contributed by atoms with Crippen molar-refractivity contribution in [2.75, 3.05) is 13.2 Å². The van der Waals surface area contributed by atoms with Crippen LogP contribution in [0.3, 0.4) is 0 Å². The summed E-state index contributed by atoms with van der Waals surface area (Å²) < 4.78 is 5.37. The van der Waals surface area contributed by atoms with E-state index in [0.29, 0.717) is 6.61 Å². The molecule has 0 atom stereocenters. The van der Waals surface area contributed by atoms with Gasteiger partial charge in [-0.1, -0.05) is 18.1 Å². The van der Waals surface area contributed by atoms with Crippen molar-refractivity contribution < 1.29 is 4.74 Å². The zero-order chi connectivity index (χ0) is 9.10. The van der Waals surface area contributed by atoms with Gasteiger partial charge in [-0.25, -0.2) is 0 Å². The summed E-state index contributed by atoms with van der Waals surface area (Å²) in [6.07, 6.45) is 5.11. The molecule has 1 aliphatic rings. The number of terminal acetylenes is 1. The fourth-order valence-corrected chi connectivity index (χ4v) is 1.16. The molecule has 0 radical (unpaired) electrons. The molecule has 0 spiro atoms. The Kier molecular flexibility index (Phi) is 2.01. The Morgan fingerprint density at radius 2 is 2.23 bits per heavy atom. The second-order valence-electron chi connectivity index (χ2n) is 2.75. The summed E-state index contributed by atoms with van der Waals surface area (Å²) in [4.78, 5) is 4.13. The highest BCUT2D eigenvalue weighted by Gasteiger charge is 2.16. The first-order valence-electron chi connectivity index (χ1n) is 4.11. The van der Waals surface area contributed by atoms with E-state index in [-0.39, 0.29) is 0 Å². The Labute approximate surface area is 77.3 Å². The van der Waals surface area contributed by atoms with Gasteiger partial charge in [-0.05, 0) is 12.1 Å². The molecule has 0 unspecified atom stereocenters. The lowest BCUT2D eigenvalue weighted by Crippen LogP contribution is -1.98. The summed E-state index contributed by atoms with van der Waals surface area (Å²) in [6, 6.07) is 7.81. The first-order chi connectivity index (χ1) is 6.42. The Morgan fingerprint density at radius 3 is 2.92 bits per heavy atom. The van der Waals surface area contributed by atoms with Gasteiger partial charge in [0.2, 0.25) is 0 Å². The number of hydrogen-bond donors (Lipinski definition) is 0. The largest absolute Gasteiger partial charge is 0.480 e. The number of benzene rings is 1. The summed E-state index contributed by atoms with van der Waals surface area (Å²) in [7, 11) is 0. The van der Waals surface area contributed by atoms with Crippen LogP contribution in [0.2, 0.25) is 0 Å². The second-order valence-corrected chi connectivity index (χ2v) is 2.75. The average Bonchev–Trinajstić information content (AvgIpc) is 2.98. The first kappa shape index (κ1) is 7.88. The fraction of sp³-hybridized carbons (Fsp3) is 0.182. The molecule has 2 nitrogen and oxygen atoms in total. The van der Waals surface area contributed by atoms with Crippen molar-refractivity contribution >= 4 is 5.71 Å². The van der Waals surface area contributed by atoms with Gasteiger partial charge >= 0.3 is 0 Å². The third-order valence-corrected chi connectivity index (χ3v) is 1.83. The quantitative estimate of drug-likeness (QED) is 0.631. The van der Waals surface area contributed by atoms with E-state index < -0.39 is 0 Å². The van der Waals surface area contributed by atoms with E-state index in [2.05, 4.69) is 10.9 Å². The van der Waals surface area contributed by atoms with Crippen molar-refractivity contribution in [1.29, 1.82) is 0 Å². The Balaban J connectivity index is 2.23. The van der Waals surface area contributed by atoms with Crippen LogP contribution in [0.25, 0.3) is 0 Å². The van der Waals surface area contributed by atoms with E-state index in [1.807, 2.05) is 24.3 Å². The zero-order valence-electron chi connectivity index (χ0n) is 7.16. The van der Waals surface area contributed by atoms with Crippen LogP contribution in [0.15, 0.2) is 29.3 Å². The molecular weight excluding hydrogens is 162 g/mol. The highest BCUT2D eigenvalue weighted by Crippen LogP contribution is 2.22. The minimum absolute atomic E-state index is 0.310. The van der Waals surface area contributed by atoms with E-state index in [9.17, 15) is 0 Å². The molecule has 2 heteroatoms. The Morgan fingerprint density at radius 1 is 1.46 bits per heavy atom. The SMILES string of the molecule is C#CCOc1ccccc1C1=NC1. The van der Waals surface area contributed by atoms with Crippen LogP contribution < -0.4 is 4.74 Å². The molecule has 0 saturated carbocycles. The Bertz CT molecular complexity index is 387. The molecule has 0 N–H and O–H groups in total. The van der Waals surface area contributed by atoms with E-state index in [0.717, 1.165) is 23.6 Å². The first-order valence-corrected chi connectivity index (χ1v) is 4.11. The molecule has 1 aromatic rings. The van der Waals surface area contributed by atoms with Gasteiger partial charge in [-0.3, -0.25) is 4.99 Å². The van der Waals surface area contributed by atoms with Crippen LogP contribution in [-0.2, 0) is 0 Å². The topological polar surface area (TPSA) is 21.6 Å². The molecular formula is C11H9NO. The molecule has 0 aliphatic carbocycles. The van der Waals surface area contributed by atoms with Crippen LogP contribution in [0, 0.1) is 12.3 Å². The summed E-state index contributed by atoms with van der Waals surface area (Å²) >= 11 is 0. The maximum atomic E-state index is 5.37. The second kappa shape index (κ2) is 3.32. The third kappa shape index (κ3) is 1.70. The minimum atomic E-state index is 0.310. The van der Waals surface area contributed by atoms with E-state index >= 15 is 0 Å². The van der Waals surface area contributed by atoms with E-state index in [4.69, 9.17) is 11.2 Å². The molecule has 0 aromatic heterocycles. The van der Waals surface area contributed by atoms with Crippen molar-refractivity contribution in [3.8, 4) is 18.1 Å². The maximum Gasteiger partial charge on any atom is 0.148 e. The highest BCUT2D eigenvalue weighted by molar-refractivity contribution is 6.12. The van der Waals surface area contributed by atoms with Gasteiger partial charge < -0.3 is 4.74 Å². The lowest BCUT2D eigenvalue weighted by Gasteiger charge is -2.04. The molecule has 0 bridgehead atoms. The molecule has 1 heterocycles. The van der Waals surface area contributed by atoms with Gasteiger partial charge in [0.15, 0.2) is 0 Å². The molecule has 0 saturated heterocycles. The summed E-state index contributed by atoms with van der Waals surface area (Å²) in [5.41, 5.74) is 2.17. The Hall–Kier alpha value is -1.75. The number of nitrogens with zero attached hydrogens (tertiary/aromatic N) is 1. The molecule has 64 valence electrons. The van der Waals surface area contributed by atoms with Crippen molar-refractivity contribution in [2.24, 2.45) is 4.99 Å². The predicted octanol–water partition coefficient (Wildman–Crippen LogP) is 1.50. The van der Waals surface area contributed by atoms with Gasteiger partial charge in [0.25, 0.3) is 0 Å². The van der Waals surface area contributed by atoms with Crippen molar-refractivity contribution in [3.05, 3.63) is 29.8 Å². The van der Waals surface area contributed by atoms with E-state index in [1.165, 1.54) is 0 Å². The van der Waals surface area contributed by atoms with Gasteiger partial charge in [0, 0.05) is 5.56 Å². The number of ether oxygens (including phenoxy) is 1. The van der Waals surface area contributed by atoms with Crippen LogP contribution >= 0.6 is 0 Å². The third-order valence-electron chi connectivity index (χ3n) is 1.83. The monoisotopic (exact) mass is 171 g/mol. The smallest absolute Gasteiger partial charge is 0.148 e. The maximum absolute atomic E-state index is 5.37. The highest BCUT2D eigenvalue weighted by atomic mass is 16.5. The standard InChI is InChI=1S/C11H9NO/c1-2-7-13-11-6-4-3-5-9(11)10-8-12-10/h1,3-6H,7-8H2. The molecule has 0 fully saturated rings. The normalized spacial score (nSPS) is 13.0. The number of hydrogen-bond acceptors (Lipinski definition) is 2. The van der Waals surface area contributed by atoms with Crippen LogP contribution in [0.4, 0.5) is 0 Å². The summed E-state index contributed by atoms with van der Waals surface area (Å²) in [5.74, 6) is 3.27. The van der Waals surface area contributed by atoms with Gasteiger partial charge in [0.1, 0.15) is 12.4 Å². The summed E-state index contributed by atoms with van der Waals surface area (Å²) in [5, 5.41) is 0. The van der Waals surface area contributed by atoms with Crippen molar-refractivity contribution in [1.82, 2.24) is 0 Å². The van der Waals surface area contributed by atoms with Gasteiger partial charge in [0.05, 0.1) is 12.3 Å². The van der Waals surface area contributed by atoms with Crippen LogP contribution in [0.1, 0.15) is 5.56 Å². The minimum Gasteiger partial charge on any atom is -0.480 e. The zero-order valence-corrected chi connectivity index (χ0v) is 7.16.